The fourth-order valence-electron chi connectivity index (χ4n) is 4.36. The van der Waals surface area contributed by atoms with Gasteiger partial charge in [0, 0.05) is 41.8 Å². The number of hydrogen-bond acceptors (Lipinski definition) is 3. The third kappa shape index (κ3) is 4.51. The second kappa shape index (κ2) is 8.94. The fourth-order valence-corrected chi connectivity index (χ4v) is 4.49. The molecule has 3 aromatic rings. The molecule has 0 saturated carbocycles. The first kappa shape index (κ1) is 22.3. The fraction of sp³-hybridized carbons (Fsp3) is 0.400. The lowest BCUT2D eigenvalue weighted by Gasteiger charge is -2.29. The summed E-state index contributed by atoms with van der Waals surface area (Å²) in [6.07, 6.45) is 4.00. The van der Waals surface area contributed by atoms with Gasteiger partial charge in [-0.3, -0.25) is 9.59 Å². The molecule has 2 aromatic heterocycles. The molecule has 6 nitrogen and oxygen atoms in total. The molecule has 32 heavy (non-hydrogen) atoms. The van der Waals surface area contributed by atoms with E-state index in [4.69, 9.17) is 11.6 Å². The molecule has 0 atom stereocenters. The van der Waals surface area contributed by atoms with E-state index in [1.54, 1.807) is 20.0 Å². The summed E-state index contributed by atoms with van der Waals surface area (Å²) in [6.45, 7) is 5.28. The van der Waals surface area contributed by atoms with Crippen LogP contribution in [0.2, 0.25) is 5.02 Å². The number of amides is 1. The molecule has 7 heteroatoms. The van der Waals surface area contributed by atoms with E-state index < -0.39 is 11.4 Å². The van der Waals surface area contributed by atoms with Gasteiger partial charge in [0.1, 0.15) is 5.65 Å². The van der Waals surface area contributed by atoms with Crippen molar-refractivity contribution in [2.24, 2.45) is 5.41 Å². The van der Waals surface area contributed by atoms with Crippen LogP contribution in [-0.4, -0.2) is 38.0 Å². The molecule has 3 heterocycles. The normalized spacial score (nSPS) is 13.9. The largest absolute Gasteiger partial charge is 0.481 e. The van der Waals surface area contributed by atoms with Crippen molar-refractivity contribution < 1.29 is 14.7 Å². The molecule has 4 rings (SSSR count). The summed E-state index contributed by atoms with van der Waals surface area (Å²) in [5, 5.41) is 11.1. The maximum atomic E-state index is 12.9. The molecule has 0 fully saturated rings. The zero-order valence-corrected chi connectivity index (χ0v) is 19.2. The number of aromatic nitrogens is 2. The Balaban J connectivity index is 1.55. The summed E-state index contributed by atoms with van der Waals surface area (Å²) < 4.78 is 2.21. The van der Waals surface area contributed by atoms with Crippen LogP contribution >= 0.6 is 11.6 Å². The molecule has 168 valence electrons. The Morgan fingerprint density at radius 1 is 1.19 bits per heavy atom. The molecule has 0 radical (unpaired) electrons. The van der Waals surface area contributed by atoms with Gasteiger partial charge in [0.15, 0.2) is 0 Å². The minimum absolute atomic E-state index is 0.0769. The van der Waals surface area contributed by atoms with Gasteiger partial charge in [-0.05, 0) is 68.5 Å². The quantitative estimate of drug-likeness (QED) is 0.551. The lowest BCUT2D eigenvalue weighted by atomic mass is 9.87. The van der Waals surface area contributed by atoms with E-state index in [1.165, 1.54) is 5.56 Å². The van der Waals surface area contributed by atoms with Crippen molar-refractivity contribution in [2.75, 3.05) is 6.54 Å². The van der Waals surface area contributed by atoms with E-state index >= 15 is 0 Å². The van der Waals surface area contributed by atoms with Crippen LogP contribution in [0.25, 0.3) is 11.0 Å². The Bertz CT molecular complexity index is 1150. The molecule has 0 bridgehead atoms. The molecule has 0 unspecified atom stereocenters. The standard InChI is InChI=1S/C25H28ClN3O3/c1-25(2,24(31)32)12-3-6-22(30)28-14-11-19-20-5-4-13-27-23(20)29(21(19)16-28)15-17-7-9-18(26)10-8-17/h4-5,7-10,13H,3,6,11-12,14-16H2,1-2H3,(H,31,32). The molecule has 1 aliphatic rings. The van der Waals surface area contributed by atoms with Gasteiger partial charge in [-0.1, -0.05) is 23.7 Å². The summed E-state index contributed by atoms with van der Waals surface area (Å²) in [4.78, 5) is 30.8. The monoisotopic (exact) mass is 453 g/mol. The van der Waals surface area contributed by atoms with E-state index in [9.17, 15) is 14.7 Å². The van der Waals surface area contributed by atoms with Crippen molar-refractivity contribution in [2.45, 2.75) is 52.6 Å². The van der Waals surface area contributed by atoms with Crippen molar-refractivity contribution in [3.63, 3.8) is 0 Å². The molecule has 0 spiro atoms. The maximum Gasteiger partial charge on any atom is 0.309 e. The number of nitrogens with zero attached hydrogens (tertiary/aromatic N) is 3. The van der Waals surface area contributed by atoms with E-state index in [2.05, 4.69) is 15.6 Å². The van der Waals surface area contributed by atoms with Crippen molar-refractivity contribution in [1.82, 2.24) is 14.5 Å². The number of halogens is 1. The average molecular weight is 454 g/mol. The van der Waals surface area contributed by atoms with Gasteiger partial charge in [0.05, 0.1) is 12.0 Å². The number of fused-ring (bicyclic) bond motifs is 3. The van der Waals surface area contributed by atoms with Crippen LogP contribution in [-0.2, 0) is 29.1 Å². The highest BCUT2D eigenvalue weighted by Gasteiger charge is 2.29. The molecule has 1 aromatic carbocycles. The van der Waals surface area contributed by atoms with Crippen LogP contribution in [0.3, 0.4) is 0 Å². The summed E-state index contributed by atoms with van der Waals surface area (Å²) in [6, 6.07) is 11.9. The smallest absolute Gasteiger partial charge is 0.309 e. The topological polar surface area (TPSA) is 75.4 Å². The predicted molar refractivity (Wildman–Crippen MR) is 125 cm³/mol. The third-order valence-electron chi connectivity index (χ3n) is 6.39. The molecule has 0 aliphatic carbocycles. The number of carbonyl (C=O) groups excluding carboxylic acids is 1. The van der Waals surface area contributed by atoms with E-state index in [-0.39, 0.29) is 5.91 Å². The SMILES string of the molecule is CC(C)(CCCC(=O)N1CCc2c(n(Cc3ccc(Cl)cc3)c3ncccc23)C1)C(=O)O. The second-order valence-electron chi connectivity index (χ2n) is 9.12. The Kier molecular flexibility index (Phi) is 6.24. The highest BCUT2D eigenvalue weighted by Crippen LogP contribution is 2.31. The number of carbonyl (C=O) groups is 2. The summed E-state index contributed by atoms with van der Waals surface area (Å²) in [5.41, 5.74) is 3.63. The number of aliphatic carboxylic acids is 1. The zero-order chi connectivity index (χ0) is 22.9. The number of rotatable bonds is 7. The van der Waals surface area contributed by atoms with Crippen molar-refractivity contribution in [3.8, 4) is 0 Å². The Labute approximate surface area is 192 Å². The van der Waals surface area contributed by atoms with Crippen molar-refractivity contribution >= 4 is 34.5 Å². The van der Waals surface area contributed by atoms with Crippen LogP contribution < -0.4 is 0 Å². The van der Waals surface area contributed by atoms with Gasteiger partial charge in [0.25, 0.3) is 0 Å². The molecule has 1 N–H and O–H groups in total. The van der Waals surface area contributed by atoms with Crippen LogP contribution in [0.5, 0.6) is 0 Å². The van der Waals surface area contributed by atoms with Crippen LogP contribution in [0.15, 0.2) is 42.6 Å². The predicted octanol–water partition coefficient (Wildman–Crippen LogP) is 4.90. The number of carboxylic acids is 1. The second-order valence-corrected chi connectivity index (χ2v) is 9.56. The third-order valence-corrected chi connectivity index (χ3v) is 6.64. The zero-order valence-electron chi connectivity index (χ0n) is 18.5. The Hall–Kier alpha value is -2.86. The number of benzene rings is 1. The van der Waals surface area contributed by atoms with Gasteiger partial charge in [-0.15, -0.1) is 0 Å². The highest BCUT2D eigenvalue weighted by atomic mass is 35.5. The van der Waals surface area contributed by atoms with Gasteiger partial charge >= 0.3 is 5.97 Å². The van der Waals surface area contributed by atoms with E-state index in [1.807, 2.05) is 35.2 Å². The molecule has 1 amide bonds. The number of carboxylic acid groups (broad SMARTS) is 1. The van der Waals surface area contributed by atoms with Crippen LogP contribution in [0.1, 0.15) is 49.9 Å². The van der Waals surface area contributed by atoms with Crippen molar-refractivity contribution in [1.29, 1.82) is 0 Å². The van der Waals surface area contributed by atoms with Crippen LogP contribution in [0, 0.1) is 5.41 Å². The van der Waals surface area contributed by atoms with Gasteiger partial charge in [-0.25, -0.2) is 4.98 Å². The molecule has 1 aliphatic heterocycles. The summed E-state index contributed by atoms with van der Waals surface area (Å²) in [7, 11) is 0. The van der Waals surface area contributed by atoms with Crippen molar-refractivity contribution in [3.05, 3.63) is 64.4 Å². The van der Waals surface area contributed by atoms with Gasteiger partial charge < -0.3 is 14.6 Å². The Morgan fingerprint density at radius 3 is 2.66 bits per heavy atom. The van der Waals surface area contributed by atoms with Crippen LogP contribution in [0.4, 0.5) is 0 Å². The number of pyridine rings is 1. The first-order valence-corrected chi connectivity index (χ1v) is 11.3. The minimum Gasteiger partial charge on any atom is -0.481 e. The Morgan fingerprint density at radius 2 is 1.94 bits per heavy atom. The molecular weight excluding hydrogens is 426 g/mol. The van der Waals surface area contributed by atoms with Gasteiger partial charge in [0.2, 0.25) is 5.91 Å². The first-order chi connectivity index (χ1) is 15.3. The first-order valence-electron chi connectivity index (χ1n) is 11.0. The highest BCUT2D eigenvalue weighted by molar-refractivity contribution is 6.30. The lowest BCUT2D eigenvalue weighted by molar-refractivity contribution is -0.147. The maximum absolute atomic E-state index is 12.9. The number of hydrogen-bond donors (Lipinski definition) is 1. The van der Waals surface area contributed by atoms with E-state index in [0.29, 0.717) is 43.9 Å². The summed E-state index contributed by atoms with van der Waals surface area (Å²) >= 11 is 6.05. The van der Waals surface area contributed by atoms with E-state index in [0.717, 1.165) is 28.7 Å². The molecular formula is C25H28ClN3O3. The lowest BCUT2D eigenvalue weighted by Crippen LogP contribution is -2.36. The summed E-state index contributed by atoms with van der Waals surface area (Å²) in [5.74, 6) is -0.750. The molecule has 0 saturated heterocycles. The average Bonchev–Trinajstić information content (AvgIpc) is 3.08. The van der Waals surface area contributed by atoms with Gasteiger partial charge in [-0.2, -0.15) is 0 Å². The minimum atomic E-state index is -0.827.